The maximum atomic E-state index is 5.24. The first-order valence-electron chi connectivity index (χ1n) is 5.00. The SMILES string of the molecule is CCOO[Si](OCN)(OOCC)OOCC. The molecule has 9 heteroatoms. The van der Waals surface area contributed by atoms with Crippen molar-refractivity contribution in [2.45, 2.75) is 20.8 Å². The molecule has 0 bridgehead atoms. The molecule has 0 aromatic rings. The molecule has 0 unspecified atom stereocenters. The van der Waals surface area contributed by atoms with Crippen LogP contribution in [0, 0.1) is 0 Å². The smallest absolute Gasteiger partial charge is 0.334 e. The highest BCUT2D eigenvalue weighted by atomic mass is 28.4. The molecule has 0 amide bonds. The van der Waals surface area contributed by atoms with E-state index in [4.69, 9.17) is 38.6 Å². The van der Waals surface area contributed by atoms with Gasteiger partial charge >= 0.3 is 9.05 Å². The van der Waals surface area contributed by atoms with E-state index in [-0.39, 0.29) is 26.6 Å². The Morgan fingerprint density at radius 2 is 1.19 bits per heavy atom. The lowest BCUT2D eigenvalue weighted by Crippen LogP contribution is -2.50. The summed E-state index contributed by atoms with van der Waals surface area (Å²) in [6.07, 6.45) is 0. The van der Waals surface area contributed by atoms with Crippen molar-refractivity contribution in [2.75, 3.05) is 26.6 Å². The molecule has 0 aliphatic carbocycles. The maximum Gasteiger partial charge on any atom is 0.765 e. The Labute approximate surface area is 95.7 Å². The Hall–Kier alpha value is -0.103. The predicted molar refractivity (Wildman–Crippen MR) is 54.0 cm³/mol. The van der Waals surface area contributed by atoms with E-state index in [1.807, 2.05) is 0 Å². The lowest BCUT2D eigenvalue weighted by molar-refractivity contribution is -0.385. The fraction of sp³-hybridized carbons (Fsp3) is 1.00. The van der Waals surface area contributed by atoms with E-state index in [1.165, 1.54) is 0 Å². The molecule has 0 aliphatic rings. The molecule has 0 aromatic carbocycles. The molecule has 2 N–H and O–H groups in total. The average molecular weight is 257 g/mol. The van der Waals surface area contributed by atoms with E-state index < -0.39 is 9.05 Å². The van der Waals surface area contributed by atoms with Crippen LogP contribution in [0.4, 0.5) is 0 Å². The minimum Gasteiger partial charge on any atom is -0.334 e. The van der Waals surface area contributed by atoms with E-state index in [1.54, 1.807) is 20.8 Å². The van der Waals surface area contributed by atoms with Gasteiger partial charge in [0.05, 0.1) is 26.6 Å². The van der Waals surface area contributed by atoms with Gasteiger partial charge < -0.3 is 10.2 Å². The summed E-state index contributed by atoms with van der Waals surface area (Å²) in [5, 5.41) is 0. The Kier molecular flexibility index (Phi) is 10.0. The summed E-state index contributed by atoms with van der Waals surface area (Å²) in [7, 11) is -3.65. The minimum atomic E-state index is -3.65. The second-order valence-electron chi connectivity index (χ2n) is 2.28. The summed E-state index contributed by atoms with van der Waals surface area (Å²) in [5.41, 5.74) is 5.24. The average Bonchev–Trinajstić information content (AvgIpc) is 2.31. The van der Waals surface area contributed by atoms with Crippen molar-refractivity contribution in [1.82, 2.24) is 0 Å². The van der Waals surface area contributed by atoms with Crippen molar-refractivity contribution in [1.29, 1.82) is 0 Å². The zero-order chi connectivity index (χ0) is 12.3. The highest BCUT2D eigenvalue weighted by molar-refractivity contribution is 6.52. The van der Waals surface area contributed by atoms with Crippen LogP contribution in [0.5, 0.6) is 0 Å². The molecule has 0 radical (unpaired) electrons. The number of hydrogen-bond acceptors (Lipinski definition) is 8. The molecule has 98 valence electrons. The van der Waals surface area contributed by atoms with Gasteiger partial charge in [-0.25, -0.2) is 14.7 Å². The Morgan fingerprint density at radius 3 is 1.44 bits per heavy atom. The van der Waals surface area contributed by atoms with Gasteiger partial charge in [-0.15, -0.1) is 0 Å². The van der Waals surface area contributed by atoms with E-state index in [0.29, 0.717) is 0 Å². The lowest BCUT2D eigenvalue weighted by atomic mass is 10.9. The van der Waals surface area contributed by atoms with E-state index in [0.717, 1.165) is 0 Å². The van der Waals surface area contributed by atoms with Crippen LogP contribution in [0.2, 0.25) is 0 Å². The fourth-order valence-electron chi connectivity index (χ4n) is 0.609. The van der Waals surface area contributed by atoms with Crippen LogP contribution in [-0.4, -0.2) is 35.6 Å². The molecule has 8 nitrogen and oxygen atoms in total. The van der Waals surface area contributed by atoms with Crippen molar-refractivity contribution >= 4 is 9.05 Å². The molecular formula is C7H19NO7Si. The van der Waals surface area contributed by atoms with Gasteiger partial charge in [0.1, 0.15) is 0 Å². The molecule has 0 saturated carbocycles. The summed E-state index contributed by atoms with van der Waals surface area (Å²) in [6, 6.07) is 0. The second-order valence-corrected chi connectivity index (χ2v) is 4.07. The second kappa shape index (κ2) is 10.1. The van der Waals surface area contributed by atoms with Crippen LogP contribution in [0.15, 0.2) is 0 Å². The molecule has 0 fully saturated rings. The number of hydrogen-bond donors (Lipinski definition) is 1. The largest absolute Gasteiger partial charge is 0.765 e. The van der Waals surface area contributed by atoms with Crippen LogP contribution in [0.25, 0.3) is 0 Å². The van der Waals surface area contributed by atoms with Gasteiger partial charge in [-0.2, -0.15) is 13.7 Å². The third-order valence-electron chi connectivity index (χ3n) is 1.10. The molecule has 0 saturated heterocycles. The Balaban J connectivity index is 4.32. The highest BCUT2D eigenvalue weighted by Crippen LogP contribution is 2.13. The highest BCUT2D eigenvalue weighted by Gasteiger charge is 2.52. The third kappa shape index (κ3) is 6.47. The molecule has 0 rings (SSSR count). The summed E-state index contributed by atoms with van der Waals surface area (Å²) >= 11 is 0. The van der Waals surface area contributed by atoms with Gasteiger partial charge in [0.25, 0.3) is 0 Å². The van der Waals surface area contributed by atoms with Crippen molar-refractivity contribution in [3.8, 4) is 0 Å². The zero-order valence-electron chi connectivity index (χ0n) is 9.76. The fourth-order valence-corrected chi connectivity index (χ4v) is 1.83. The first-order chi connectivity index (χ1) is 7.74. The van der Waals surface area contributed by atoms with Crippen molar-refractivity contribution in [2.24, 2.45) is 5.73 Å². The molecule has 0 aromatic heterocycles. The first kappa shape index (κ1) is 15.9. The van der Waals surface area contributed by atoms with Gasteiger partial charge in [-0.05, 0) is 20.8 Å². The van der Waals surface area contributed by atoms with Gasteiger partial charge in [0, 0.05) is 0 Å². The third-order valence-corrected chi connectivity index (χ3v) is 2.58. The number of rotatable bonds is 11. The standard InChI is InChI=1S/C7H19NO7Si/c1-4-9-13-16(12-7-8,14-10-5-2)15-11-6-3/h4-8H2,1-3H3. The monoisotopic (exact) mass is 257 g/mol. The topological polar surface area (TPSA) is 90.6 Å². The van der Waals surface area contributed by atoms with Gasteiger partial charge in [-0.1, -0.05) is 0 Å². The maximum absolute atomic E-state index is 5.24. The molecule has 0 aliphatic heterocycles. The summed E-state index contributed by atoms with van der Waals surface area (Å²) in [4.78, 5) is 14.2. The molecule has 0 atom stereocenters. The van der Waals surface area contributed by atoms with Crippen LogP contribution in [0.3, 0.4) is 0 Å². The number of nitrogens with two attached hydrogens (primary N) is 1. The Bertz CT molecular complexity index is 140. The first-order valence-corrected chi connectivity index (χ1v) is 6.63. The van der Waals surface area contributed by atoms with Gasteiger partial charge in [-0.3, -0.25) is 0 Å². The molecular weight excluding hydrogens is 238 g/mol. The van der Waals surface area contributed by atoms with Crippen LogP contribution in [-0.2, 0) is 32.8 Å². The van der Waals surface area contributed by atoms with Gasteiger partial charge in [0.2, 0.25) is 0 Å². The predicted octanol–water partition coefficient (Wildman–Crippen LogP) is 0.259. The molecule has 0 spiro atoms. The summed E-state index contributed by atoms with van der Waals surface area (Å²) < 4.78 is 19.6. The van der Waals surface area contributed by atoms with Crippen molar-refractivity contribution in [3.05, 3.63) is 0 Å². The zero-order valence-corrected chi connectivity index (χ0v) is 10.8. The van der Waals surface area contributed by atoms with E-state index in [9.17, 15) is 0 Å². The molecule has 0 heterocycles. The summed E-state index contributed by atoms with van der Waals surface area (Å²) in [5.74, 6) is 0. The Morgan fingerprint density at radius 1 is 0.812 bits per heavy atom. The van der Waals surface area contributed by atoms with Crippen LogP contribution in [0.1, 0.15) is 20.8 Å². The normalized spacial score (nSPS) is 12.0. The quantitative estimate of drug-likeness (QED) is 0.244. The summed E-state index contributed by atoms with van der Waals surface area (Å²) in [6.45, 7) is 5.85. The van der Waals surface area contributed by atoms with Crippen LogP contribution < -0.4 is 5.73 Å². The lowest BCUT2D eigenvalue weighted by Gasteiger charge is -2.22. The van der Waals surface area contributed by atoms with Gasteiger partial charge in [0.15, 0.2) is 0 Å². The van der Waals surface area contributed by atoms with E-state index >= 15 is 0 Å². The van der Waals surface area contributed by atoms with Crippen LogP contribution >= 0.6 is 0 Å². The minimum absolute atomic E-state index is 0.181. The van der Waals surface area contributed by atoms with Crippen molar-refractivity contribution in [3.63, 3.8) is 0 Å². The van der Waals surface area contributed by atoms with E-state index in [2.05, 4.69) is 0 Å². The molecule has 16 heavy (non-hydrogen) atoms. The van der Waals surface area contributed by atoms with Crippen molar-refractivity contribution < 1.29 is 32.8 Å².